The molecule has 112 valence electrons. The van der Waals surface area contributed by atoms with Gasteiger partial charge in [-0.2, -0.15) is 13.2 Å². The monoisotopic (exact) mass is 300 g/mol. The number of hydrogen-bond acceptors (Lipinski definition) is 3. The van der Waals surface area contributed by atoms with Crippen LogP contribution in [0.5, 0.6) is 0 Å². The summed E-state index contributed by atoms with van der Waals surface area (Å²) in [6.07, 6.45) is -4.38. The zero-order valence-electron chi connectivity index (χ0n) is 11.3. The molecule has 1 rings (SSSR count). The lowest BCUT2D eigenvalue weighted by Gasteiger charge is -2.37. The van der Waals surface area contributed by atoms with Crippen LogP contribution in [0.1, 0.15) is 13.8 Å². The van der Waals surface area contributed by atoms with Crippen LogP contribution in [0.4, 0.5) is 13.2 Å². The molecule has 1 aliphatic heterocycles. The zero-order valence-corrected chi connectivity index (χ0v) is 12.1. The first-order valence-corrected chi connectivity index (χ1v) is 7.25. The molecule has 19 heavy (non-hydrogen) atoms. The maximum atomic E-state index is 12.2. The minimum atomic E-state index is -4.38. The van der Waals surface area contributed by atoms with Gasteiger partial charge in [0.05, 0.1) is 11.3 Å². The van der Waals surface area contributed by atoms with Crippen molar-refractivity contribution in [2.75, 3.05) is 39.0 Å². The van der Waals surface area contributed by atoms with Crippen molar-refractivity contribution in [3.05, 3.63) is 0 Å². The Morgan fingerprint density at radius 2 is 2.00 bits per heavy atom. The third-order valence-corrected chi connectivity index (χ3v) is 4.93. The summed E-state index contributed by atoms with van der Waals surface area (Å²) < 4.78 is 47.8. The normalized spacial score (nSPS) is 24.2. The molecule has 1 aliphatic rings. The molecule has 4 nitrogen and oxygen atoms in total. The molecule has 1 fully saturated rings. The fraction of sp³-hybridized carbons (Fsp3) is 0.909. The van der Waals surface area contributed by atoms with E-state index in [2.05, 4.69) is 0 Å². The fourth-order valence-electron chi connectivity index (χ4n) is 1.98. The van der Waals surface area contributed by atoms with Crippen LogP contribution in [0.3, 0.4) is 0 Å². The smallest absolute Gasteiger partial charge is 0.336 e. The molecular weight excluding hydrogens is 281 g/mol. The highest BCUT2D eigenvalue weighted by Gasteiger charge is 2.35. The molecule has 0 radical (unpaired) electrons. The van der Waals surface area contributed by atoms with Crippen molar-refractivity contribution in [1.29, 1.82) is 0 Å². The van der Waals surface area contributed by atoms with Crippen LogP contribution in [0, 0.1) is 0 Å². The van der Waals surface area contributed by atoms with E-state index in [1.165, 1.54) is 0 Å². The lowest BCUT2D eigenvalue weighted by molar-refractivity contribution is -0.159. The topological polar surface area (TPSA) is 40.6 Å². The van der Waals surface area contributed by atoms with Gasteiger partial charge in [0.25, 0.3) is 0 Å². The van der Waals surface area contributed by atoms with Crippen LogP contribution in [-0.2, 0) is 15.6 Å². The van der Waals surface area contributed by atoms with Crippen molar-refractivity contribution in [3.63, 3.8) is 0 Å². The molecule has 0 aromatic heterocycles. The number of nitrogens with zero attached hydrogens (tertiary/aromatic N) is 2. The van der Waals surface area contributed by atoms with Crippen LogP contribution in [-0.4, -0.2) is 69.8 Å². The Balaban J connectivity index is 2.51. The SMILES string of the molecule is CN(CC(F)(F)F)C(=O)CN1CCS(=O)C(C)(C)C1. The lowest BCUT2D eigenvalue weighted by atomic mass is 10.2. The number of carbonyl (C=O) groups is 1. The van der Waals surface area contributed by atoms with Gasteiger partial charge in [-0.1, -0.05) is 0 Å². The highest BCUT2D eigenvalue weighted by molar-refractivity contribution is 7.86. The Morgan fingerprint density at radius 1 is 1.42 bits per heavy atom. The average molecular weight is 300 g/mol. The standard InChI is InChI=1S/C11H19F3N2O2S/c1-10(2)7-16(4-5-19(10)18)6-9(17)15(3)8-11(12,13)14/h4-8H2,1-3H3. The molecule has 0 bridgehead atoms. The van der Waals surface area contributed by atoms with E-state index in [-0.39, 0.29) is 6.54 Å². The van der Waals surface area contributed by atoms with Crippen LogP contribution in [0.2, 0.25) is 0 Å². The summed E-state index contributed by atoms with van der Waals surface area (Å²) in [6, 6.07) is 0. The van der Waals surface area contributed by atoms with Gasteiger partial charge >= 0.3 is 6.18 Å². The Kier molecular flexibility index (Phi) is 5.00. The first-order chi connectivity index (χ1) is 8.51. The summed E-state index contributed by atoms with van der Waals surface area (Å²) in [5, 5.41) is 0. The summed E-state index contributed by atoms with van der Waals surface area (Å²) in [5.74, 6) is -0.121. The van der Waals surface area contributed by atoms with E-state index < -0.39 is 34.2 Å². The Hall–Kier alpha value is -0.630. The summed E-state index contributed by atoms with van der Waals surface area (Å²) in [5.41, 5.74) is 0. The third kappa shape index (κ3) is 5.10. The van der Waals surface area contributed by atoms with Crippen LogP contribution in [0.25, 0.3) is 0 Å². The Bertz CT molecular complexity index is 371. The lowest BCUT2D eigenvalue weighted by Crippen LogP contribution is -2.53. The number of alkyl halides is 3. The second-order valence-electron chi connectivity index (χ2n) is 5.38. The number of likely N-dealkylation sites (N-methyl/N-ethyl adjacent to an activating group) is 1. The van der Waals surface area contributed by atoms with Gasteiger partial charge < -0.3 is 4.90 Å². The van der Waals surface area contributed by atoms with E-state index in [0.29, 0.717) is 23.7 Å². The fourth-order valence-corrected chi connectivity index (χ4v) is 3.29. The number of rotatable bonds is 3. The molecule has 0 spiro atoms. The van der Waals surface area contributed by atoms with Crippen LogP contribution in [0.15, 0.2) is 0 Å². The van der Waals surface area contributed by atoms with Gasteiger partial charge in [-0.15, -0.1) is 0 Å². The summed E-state index contributed by atoms with van der Waals surface area (Å²) in [6.45, 7) is 3.29. The quantitative estimate of drug-likeness (QED) is 0.776. The predicted octanol–water partition coefficient (Wildman–Crippen LogP) is 0.850. The summed E-state index contributed by atoms with van der Waals surface area (Å²) >= 11 is 0. The van der Waals surface area contributed by atoms with Gasteiger partial charge in [0.15, 0.2) is 0 Å². The molecule has 1 amide bonds. The average Bonchev–Trinajstić information content (AvgIpc) is 2.20. The number of carbonyl (C=O) groups excluding carboxylic acids is 1. The Morgan fingerprint density at radius 3 is 2.47 bits per heavy atom. The summed E-state index contributed by atoms with van der Waals surface area (Å²) in [7, 11) is 0.183. The molecule has 0 aromatic rings. The van der Waals surface area contributed by atoms with Gasteiger partial charge in [-0.05, 0) is 13.8 Å². The maximum Gasteiger partial charge on any atom is 0.406 e. The van der Waals surface area contributed by atoms with Crippen molar-refractivity contribution in [2.45, 2.75) is 24.8 Å². The molecule has 0 aromatic carbocycles. The number of halogens is 3. The van der Waals surface area contributed by atoms with E-state index in [1.54, 1.807) is 4.90 Å². The van der Waals surface area contributed by atoms with Crippen LogP contribution < -0.4 is 0 Å². The van der Waals surface area contributed by atoms with Crippen molar-refractivity contribution in [3.8, 4) is 0 Å². The van der Waals surface area contributed by atoms with Gasteiger partial charge in [-0.25, -0.2) is 0 Å². The molecule has 8 heteroatoms. The van der Waals surface area contributed by atoms with E-state index in [9.17, 15) is 22.2 Å². The van der Waals surface area contributed by atoms with Gasteiger partial charge in [0, 0.05) is 36.7 Å². The third-order valence-electron chi connectivity index (χ3n) is 3.01. The van der Waals surface area contributed by atoms with Crippen LogP contribution >= 0.6 is 0 Å². The maximum absolute atomic E-state index is 12.2. The minimum absolute atomic E-state index is 0.0623. The molecule has 0 aliphatic carbocycles. The first kappa shape index (κ1) is 16.4. The molecular formula is C11H19F3N2O2S. The van der Waals surface area contributed by atoms with Crippen molar-refractivity contribution < 1.29 is 22.2 Å². The van der Waals surface area contributed by atoms with Crippen molar-refractivity contribution in [1.82, 2.24) is 9.80 Å². The van der Waals surface area contributed by atoms with Crippen molar-refractivity contribution in [2.24, 2.45) is 0 Å². The molecule has 1 heterocycles. The van der Waals surface area contributed by atoms with E-state index >= 15 is 0 Å². The molecule has 0 saturated carbocycles. The Labute approximate surface area is 113 Å². The van der Waals surface area contributed by atoms with Gasteiger partial charge in [0.1, 0.15) is 6.54 Å². The van der Waals surface area contributed by atoms with E-state index in [0.717, 1.165) is 7.05 Å². The zero-order chi connectivity index (χ0) is 14.8. The van der Waals surface area contributed by atoms with Crippen molar-refractivity contribution >= 4 is 16.7 Å². The minimum Gasteiger partial charge on any atom is -0.336 e. The highest BCUT2D eigenvalue weighted by Crippen LogP contribution is 2.20. The van der Waals surface area contributed by atoms with Gasteiger partial charge in [0.2, 0.25) is 5.91 Å². The molecule has 1 unspecified atom stereocenters. The van der Waals surface area contributed by atoms with Gasteiger partial charge in [-0.3, -0.25) is 13.9 Å². The predicted molar refractivity (Wildman–Crippen MR) is 67.2 cm³/mol. The molecule has 0 N–H and O–H groups in total. The number of amides is 1. The number of hydrogen-bond donors (Lipinski definition) is 0. The molecule has 1 atom stereocenters. The molecule has 1 saturated heterocycles. The highest BCUT2D eigenvalue weighted by atomic mass is 32.2. The second kappa shape index (κ2) is 5.78. The van der Waals surface area contributed by atoms with E-state index in [4.69, 9.17) is 0 Å². The van der Waals surface area contributed by atoms with E-state index in [1.807, 2.05) is 13.8 Å². The first-order valence-electron chi connectivity index (χ1n) is 5.93. The largest absolute Gasteiger partial charge is 0.406 e. The summed E-state index contributed by atoms with van der Waals surface area (Å²) in [4.78, 5) is 14.1. The second-order valence-corrected chi connectivity index (χ2v) is 7.59.